The van der Waals surface area contributed by atoms with Crippen molar-refractivity contribution in [2.24, 2.45) is 5.92 Å². The van der Waals surface area contributed by atoms with Gasteiger partial charge in [0.15, 0.2) is 11.2 Å². The van der Waals surface area contributed by atoms with Crippen molar-refractivity contribution < 1.29 is 4.48 Å². The lowest BCUT2D eigenvalue weighted by Gasteiger charge is -2.03. The van der Waals surface area contributed by atoms with Crippen LogP contribution in [0, 0.1) is 5.92 Å². The number of hydrogen-bond acceptors (Lipinski definition) is 0. The molecule has 0 fully saturated rings. The molecular formula is C15H18BN+. The quantitative estimate of drug-likeness (QED) is 0.703. The molecule has 0 unspecified atom stereocenters. The fourth-order valence-corrected chi connectivity index (χ4v) is 1.96. The van der Waals surface area contributed by atoms with Gasteiger partial charge in [0, 0.05) is 23.6 Å². The van der Waals surface area contributed by atoms with Gasteiger partial charge in [-0.15, -0.1) is 0 Å². The van der Waals surface area contributed by atoms with Crippen molar-refractivity contribution in [1.29, 1.82) is 0 Å². The minimum absolute atomic E-state index is 0.576. The van der Waals surface area contributed by atoms with E-state index in [0.717, 1.165) is 0 Å². The van der Waals surface area contributed by atoms with E-state index in [0.29, 0.717) is 5.92 Å². The smallest absolute Gasteiger partial charge is 0.278 e. The summed E-state index contributed by atoms with van der Waals surface area (Å²) in [6.45, 7) is 6.45. The first kappa shape index (κ1) is 11.9. The summed E-state index contributed by atoms with van der Waals surface area (Å²) in [7, 11) is 2.11. The SMILES string of the molecule is C[B][n+]1c(/C=C/C(C)C)ccc2ccccc21. The molecule has 0 aliphatic carbocycles. The Hall–Kier alpha value is -1.57. The predicted molar refractivity (Wildman–Crippen MR) is 75.0 cm³/mol. The fraction of sp³-hybridized carbons (Fsp3) is 0.267. The van der Waals surface area contributed by atoms with Gasteiger partial charge in [0.05, 0.1) is 0 Å². The van der Waals surface area contributed by atoms with Crippen molar-refractivity contribution in [3.63, 3.8) is 0 Å². The maximum atomic E-state index is 2.23. The zero-order valence-electron chi connectivity index (χ0n) is 10.7. The average Bonchev–Trinajstić information content (AvgIpc) is 2.35. The van der Waals surface area contributed by atoms with Crippen LogP contribution in [0.5, 0.6) is 0 Å². The minimum atomic E-state index is 0.576. The molecular weight excluding hydrogens is 205 g/mol. The summed E-state index contributed by atoms with van der Waals surface area (Å²) in [6.07, 6.45) is 4.42. The molecule has 1 nitrogen and oxygen atoms in total. The van der Waals surface area contributed by atoms with E-state index in [1.165, 1.54) is 16.6 Å². The summed E-state index contributed by atoms with van der Waals surface area (Å²) in [5.74, 6) is 0.576. The van der Waals surface area contributed by atoms with Crippen LogP contribution in [0.25, 0.3) is 17.0 Å². The monoisotopic (exact) mass is 223 g/mol. The Morgan fingerprint density at radius 3 is 2.59 bits per heavy atom. The van der Waals surface area contributed by atoms with Crippen molar-refractivity contribution in [3.8, 4) is 0 Å². The number of benzene rings is 1. The molecule has 1 aromatic heterocycles. The number of nitrogens with zero attached hydrogens (tertiary/aromatic N) is 1. The van der Waals surface area contributed by atoms with Gasteiger partial charge in [0.25, 0.3) is 0 Å². The van der Waals surface area contributed by atoms with Crippen molar-refractivity contribution in [3.05, 3.63) is 48.2 Å². The van der Waals surface area contributed by atoms with Crippen LogP contribution in [0.1, 0.15) is 19.5 Å². The second kappa shape index (κ2) is 5.18. The maximum Gasteiger partial charge on any atom is 0.536 e. The topological polar surface area (TPSA) is 3.88 Å². The molecule has 2 heteroatoms. The molecule has 0 N–H and O–H groups in total. The molecule has 1 aromatic carbocycles. The molecule has 0 saturated carbocycles. The molecule has 0 aliphatic rings. The van der Waals surface area contributed by atoms with Crippen LogP contribution in [-0.4, -0.2) is 7.41 Å². The maximum absolute atomic E-state index is 2.23. The number of para-hydroxylation sites is 1. The zero-order valence-corrected chi connectivity index (χ0v) is 10.7. The highest BCUT2D eigenvalue weighted by atomic mass is 14.9. The summed E-state index contributed by atoms with van der Waals surface area (Å²) >= 11 is 0. The van der Waals surface area contributed by atoms with Crippen LogP contribution in [0.2, 0.25) is 6.82 Å². The summed E-state index contributed by atoms with van der Waals surface area (Å²) in [6, 6.07) is 12.8. The summed E-state index contributed by atoms with van der Waals surface area (Å²) in [4.78, 5) is 0. The van der Waals surface area contributed by atoms with Crippen molar-refractivity contribution in [1.82, 2.24) is 0 Å². The lowest BCUT2D eigenvalue weighted by atomic mass is 9.95. The van der Waals surface area contributed by atoms with Crippen LogP contribution >= 0.6 is 0 Å². The molecule has 2 rings (SSSR count). The molecule has 1 heterocycles. The van der Waals surface area contributed by atoms with Crippen molar-refractivity contribution in [2.75, 3.05) is 0 Å². The van der Waals surface area contributed by atoms with Gasteiger partial charge in [0.2, 0.25) is 0 Å². The Labute approximate surface area is 104 Å². The van der Waals surface area contributed by atoms with Gasteiger partial charge in [-0.2, -0.15) is 0 Å². The molecule has 2 aromatic rings. The van der Waals surface area contributed by atoms with Gasteiger partial charge in [-0.05, 0) is 24.9 Å². The fourth-order valence-electron chi connectivity index (χ4n) is 1.96. The number of pyridine rings is 1. The summed E-state index contributed by atoms with van der Waals surface area (Å²) < 4.78 is 2.23. The molecule has 1 radical (unpaired) electrons. The first-order valence-electron chi connectivity index (χ1n) is 6.13. The predicted octanol–water partition coefficient (Wildman–Crippen LogP) is 3.31. The molecule has 85 valence electrons. The van der Waals surface area contributed by atoms with Gasteiger partial charge in [-0.25, -0.2) is 0 Å². The van der Waals surface area contributed by atoms with E-state index < -0.39 is 0 Å². The zero-order chi connectivity index (χ0) is 12.3. The minimum Gasteiger partial charge on any atom is -0.278 e. The number of hydrogen-bond donors (Lipinski definition) is 0. The molecule has 0 bridgehead atoms. The second-order valence-corrected chi connectivity index (χ2v) is 4.55. The number of allylic oxidation sites excluding steroid dienone is 1. The Morgan fingerprint density at radius 1 is 1.12 bits per heavy atom. The second-order valence-electron chi connectivity index (χ2n) is 4.55. The number of aromatic nitrogens is 1. The van der Waals surface area contributed by atoms with Gasteiger partial charge >= 0.3 is 7.41 Å². The number of fused-ring (bicyclic) bond motifs is 1. The molecule has 0 amide bonds. The first-order chi connectivity index (χ1) is 8.22. The Balaban J connectivity index is 2.57. The molecule has 0 aliphatic heterocycles. The standard InChI is InChI=1S/C15H18BN/c1-12(2)8-10-14-11-9-13-6-4-5-7-15(13)17(14)16-3/h4-12H,1-3H3/q+1/b10-8+. The molecule has 0 atom stereocenters. The largest absolute Gasteiger partial charge is 0.536 e. The normalized spacial score (nSPS) is 11.5. The highest BCUT2D eigenvalue weighted by Crippen LogP contribution is 2.11. The first-order valence-corrected chi connectivity index (χ1v) is 6.13. The van der Waals surface area contributed by atoms with E-state index in [2.05, 4.69) is 81.1 Å². The van der Waals surface area contributed by atoms with E-state index >= 15 is 0 Å². The van der Waals surface area contributed by atoms with Crippen LogP contribution in [0.3, 0.4) is 0 Å². The van der Waals surface area contributed by atoms with Crippen molar-refractivity contribution >= 4 is 24.4 Å². The van der Waals surface area contributed by atoms with E-state index in [9.17, 15) is 0 Å². The van der Waals surface area contributed by atoms with E-state index in [1.54, 1.807) is 0 Å². The summed E-state index contributed by atoms with van der Waals surface area (Å²) in [5.41, 5.74) is 2.47. The highest BCUT2D eigenvalue weighted by Gasteiger charge is 2.12. The lowest BCUT2D eigenvalue weighted by molar-refractivity contribution is -0.501. The van der Waals surface area contributed by atoms with Gasteiger partial charge < -0.3 is 0 Å². The lowest BCUT2D eigenvalue weighted by Crippen LogP contribution is -2.41. The molecule has 0 saturated heterocycles. The van der Waals surface area contributed by atoms with Gasteiger partial charge in [-0.1, -0.05) is 32.1 Å². The van der Waals surface area contributed by atoms with Crippen LogP contribution in [0.4, 0.5) is 0 Å². The molecule has 0 spiro atoms. The Kier molecular flexibility index (Phi) is 3.63. The third-order valence-electron chi connectivity index (χ3n) is 2.82. The average molecular weight is 223 g/mol. The molecule has 17 heavy (non-hydrogen) atoms. The highest BCUT2D eigenvalue weighted by molar-refractivity contribution is 6.23. The summed E-state index contributed by atoms with van der Waals surface area (Å²) in [5, 5.41) is 1.27. The van der Waals surface area contributed by atoms with Gasteiger partial charge in [0.1, 0.15) is 0 Å². The third-order valence-corrected chi connectivity index (χ3v) is 2.82. The van der Waals surface area contributed by atoms with E-state index in [-0.39, 0.29) is 0 Å². The van der Waals surface area contributed by atoms with Crippen LogP contribution in [0.15, 0.2) is 42.5 Å². The van der Waals surface area contributed by atoms with Gasteiger partial charge in [-0.3, -0.25) is 4.48 Å². The van der Waals surface area contributed by atoms with Crippen LogP contribution < -0.4 is 4.48 Å². The van der Waals surface area contributed by atoms with E-state index in [1.807, 2.05) is 0 Å². The number of rotatable bonds is 3. The Bertz CT molecular complexity index is 544. The Morgan fingerprint density at radius 2 is 1.88 bits per heavy atom. The van der Waals surface area contributed by atoms with Crippen molar-refractivity contribution in [2.45, 2.75) is 20.7 Å². The third kappa shape index (κ3) is 2.58. The van der Waals surface area contributed by atoms with Crippen LogP contribution in [-0.2, 0) is 0 Å². The van der Waals surface area contributed by atoms with E-state index in [4.69, 9.17) is 0 Å².